The summed E-state index contributed by atoms with van der Waals surface area (Å²) >= 11 is 0. The van der Waals surface area contributed by atoms with Gasteiger partial charge in [0.15, 0.2) is 0 Å². The number of carbonyl (C=O) groups is 2. The summed E-state index contributed by atoms with van der Waals surface area (Å²) in [4.78, 5) is 23.3. The number of carbonyl (C=O) groups excluding carboxylic acids is 2. The first kappa shape index (κ1) is 13.6. The molecule has 0 unspecified atom stereocenters. The Hall–Kier alpha value is -2.82. The maximum Gasteiger partial charge on any atom is 0.337 e. The van der Waals surface area contributed by atoms with Crippen molar-refractivity contribution in [2.75, 3.05) is 5.32 Å². The fourth-order valence-electron chi connectivity index (χ4n) is 1.57. The fourth-order valence-corrected chi connectivity index (χ4v) is 1.57. The average molecular weight is 269 g/mol. The number of anilines is 1. The Morgan fingerprint density at radius 3 is 2.15 bits per heavy atom. The molecule has 0 saturated heterocycles. The van der Waals surface area contributed by atoms with Crippen LogP contribution >= 0.6 is 0 Å². The van der Waals surface area contributed by atoms with Crippen LogP contribution < -0.4 is 16.2 Å². The van der Waals surface area contributed by atoms with Crippen LogP contribution in [-0.4, -0.2) is 11.9 Å². The summed E-state index contributed by atoms with van der Waals surface area (Å²) in [6, 6.07) is 15.5. The molecule has 3 amide bonds. The first-order chi connectivity index (χ1) is 9.65. The van der Waals surface area contributed by atoms with E-state index in [1.54, 1.807) is 36.4 Å². The summed E-state index contributed by atoms with van der Waals surface area (Å²) in [7, 11) is 0. The number of para-hydroxylation sites is 1. The van der Waals surface area contributed by atoms with Gasteiger partial charge < -0.3 is 5.32 Å². The maximum absolute atomic E-state index is 11.8. The van der Waals surface area contributed by atoms with E-state index in [0.29, 0.717) is 11.3 Å². The molecular formula is C15H15N3O2. The highest BCUT2D eigenvalue weighted by atomic mass is 16.2. The van der Waals surface area contributed by atoms with E-state index in [2.05, 4.69) is 16.2 Å². The minimum atomic E-state index is -0.503. The molecule has 0 aliphatic rings. The molecular weight excluding hydrogens is 254 g/mol. The van der Waals surface area contributed by atoms with Crippen LogP contribution in [0.1, 0.15) is 15.9 Å². The van der Waals surface area contributed by atoms with Gasteiger partial charge in [-0.15, -0.1) is 0 Å². The van der Waals surface area contributed by atoms with Gasteiger partial charge in [-0.25, -0.2) is 10.2 Å². The van der Waals surface area contributed by atoms with Gasteiger partial charge >= 0.3 is 6.03 Å². The van der Waals surface area contributed by atoms with E-state index in [0.717, 1.165) is 5.56 Å². The number of aryl methyl sites for hydroxylation is 1. The van der Waals surface area contributed by atoms with Crippen LogP contribution in [0.2, 0.25) is 0 Å². The Balaban J connectivity index is 1.84. The third-order valence-corrected chi connectivity index (χ3v) is 2.63. The Kier molecular flexibility index (Phi) is 4.34. The summed E-state index contributed by atoms with van der Waals surface area (Å²) < 4.78 is 0. The fraction of sp³-hybridized carbons (Fsp3) is 0.0667. The molecule has 2 aromatic carbocycles. The number of nitrogens with one attached hydrogen (secondary N) is 3. The van der Waals surface area contributed by atoms with Gasteiger partial charge in [-0.1, -0.05) is 35.9 Å². The van der Waals surface area contributed by atoms with Crippen molar-refractivity contribution in [2.24, 2.45) is 0 Å². The van der Waals surface area contributed by atoms with Crippen LogP contribution in [0, 0.1) is 6.92 Å². The lowest BCUT2D eigenvalue weighted by atomic mass is 10.1. The molecule has 5 nitrogen and oxygen atoms in total. The highest BCUT2D eigenvalue weighted by molar-refractivity contribution is 5.97. The highest BCUT2D eigenvalue weighted by Crippen LogP contribution is 2.04. The van der Waals surface area contributed by atoms with E-state index >= 15 is 0 Å². The zero-order valence-electron chi connectivity index (χ0n) is 11.0. The summed E-state index contributed by atoms with van der Waals surface area (Å²) in [6.07, 6.45) is 0. The molecule has 0 saturated carbocycles. The van der Waals surface area contributed by atoms with Crippen LogP contribution in [0.25, 0.3) is 0 Å². The number of hydrogen-bond acceptors (Lipinski definition) is 2. The SMILES string of the molecule is Cc1ccc(C(=O)NNC(=O)Nc2ccccc2)cc1. The van der Waals surface area contributed by atoms with E-state index in [1.165, 1.54) is 0 Å². The van der Waals surface area contributed by atoms with Crippen LogP contribution in [-0.2, 0) is 0 Å². The average Bonchev–Trinajstić information content (AvgIpc) is 2.46. The Morgan fingerprint density at radius 1 is 0.850 bits per heavy atom. The molecule has 0 heterocycles. The number of rotatable bonds is 2. The molecule has 0 spiro atoms. The monoisotopic (exact) mass is 269 g/mol. The largest absolute Gasteiger partial charge is 0.337 e. The van der Waals surface area contributed by atoms with Crippen LogP contribution in [0.15, 0.2) is 54.6 Å². The van der Waals surface area contributed by atoms with E-state index < -0.39 is 6.03 Å². The van der Waals surface area contributed by atoms with Crippen molar-refractivity contribution in [2.45, 2.75) is 6.92 Å². The van der Waals surface area contributed by atoms with E-state index in [9.17, 15) is 9.59 Å². The Morgan fingerprint density at radius 2 is 1.50 bits per heavy atom. The van der Waals surface area contributed by atoms with Gasteiger partial charge in [0.05, 0.1) is 0 Å². The lowest BCUT2D eigenvalue weighted by molar-refractivity contribution is 0.0938. The van der Waals surface area contributed by atoms with Crippen molar-refractivity contribution in [1.29, 1.82) is 0 Å². The normalized spacial score (nSPS) is 9.65. The van der Waals surface area contributed by atoms with Gasteiger partial charge in [-0.2, -0.15) is 0 Å². The lowest BCUT2D eigenvalue weighted by Gasteiger charge is -2.09. The molecule has 2 aromatic rings. The molecule has 2 rings (SSSR count). The first-order valence-electron chi connectivity index (χ1n) is 6.14. The van der Waals surface area contributed by atoms with Gasteiger partial charge in [-0.3, -0.25) is 10.2 Å². The van der Waals surface area contributed by atoms with E-state index in [-0.39, 0.29) is 5.91 Å². The molecule has 0 radical (unpaired) electrons. The standard InChI is InChI=1S/C15H15N3O2/c1-11-7-9-12(10-8-11)14(19)17-18-15(20)16-13-5-3-2-4-6-13/h2-10H,1H3,(H,17,19)(H2,16,18,20). The second kappa shape index (κ2) is 6.38. The lowest BCUT2D eigenvalue weighted by Crippen LogP contribution is -2.43. The topological polar surface area (TPSA) is 70.2 Å². The number of benzene rings is 2. The molecule has 3 N–H and O–H groups in total. The minimum absolute atomic E-state index is 0.367. The van der Waals surface area contributed by atoms with Crippen LogP contribution in [0.3, 0.4) is 0 Å². The predicted octanol–water partition coefficient (Wildman–Crippen LogP) is 2.46. The predicted molar refractivity (Wildman–Crippen MR) is 77.2 cm³/mol. The van der Waals surface area contributed by atoms with Gasteiger partial charge in [0.2, 0.25) is 0 Å². The zero-order valence-corrected chi connectivity index (χ0v) is 11.0. The second-order valence-corrected chi connectivity index (χ2v) is 4.27. The zero-order chi connectivity index (χ0) is 14.4. The summed E-state index contributed by atoms with van der Waals surface area (Å²) in [5.41, 5.74) is 6.83. The maximum atomic E-state index is 11.8. The molecule has 102 valence electrons. The van der Waals surface area contributed by atoms with Gasteiger partial charge in [0.1, 0.15) is 0 Å². The van der Waals surface area contributed by atoms with Crippen LogP contribution in [0.5, 0.6) is 0 Å². The van der Waals surface area contributed by atoms with Crippen LogP contribution in [0.4, 0.5) is 10.5 Å². The molecule has 0 aliphatic heterocycles. The molecule has 5 heteroatoms. The molecule has 0 bridgehead atoms. The third kappa shape index (κ3) is 3.84. The molecule has 0 aromatic heterocycles. The summed E-state index contributed by atoms with van der Waals surface area (Å²) in [5.74, 6) is -0.367. The van der Waals surface area contributed by atoms with Crippen molar-refractivity contribution in [3.63, 3.8) is 0 Å². The first-order valence-corrected chi connectivity index (χ1v) is 6.14. The van der Waals surface area contributed by atoms with E-state index in [4.69, 9.17) is 0 Å². The quantitative estimate of drug-likeness (QED) is 0.733. The minimum Gasteiger partial charge on any atom is -0.307 e. The number of hydrogen-bond donors (Lipinski definition) is 3. The number of amides is 3. The second-order valence-electron chi connectivity index (χ2n) is 4.27. The number of hydrazine groups is 1. The van der Waals surface area contributed by atoms with Crippen molar-refractivity contribution < 1.29 is 9.59 Å². The number of urea groups is 1. The smallest absolute Gasteiger partial charge is 0.307 e. The Bertz CT molecular complexity index is 594. The van der Waals surface area contributed by atoms with Crippen molar-refractivity contribution >= 4 is 17.6 Å². The van der Waals surface area contributed by atoms with Gasteiger partial charge in [-0.05, 0) is 31.2 Å². The summed E-state index contributed by atoms with van der Waals surface area (Å²) in [6.45, 7) is 1.94. The third-order valence-electron chi connectivity index (χ3n) is 2.63. The van der Waals surface area contributed by atoms with Gasteiger partial charge in [0.25, 0.3) is 5.91 Å². The van der Waals surface area contributed by atoms with Gasteiger partial charge in [0, 0.05) is 11.3 Å². The molecule has 0 aliphatic carbocycles. The van der Waals surface area contributed by atoms with Crippen molar-refractivity contribution in [3.05, 3.63) is 65.7 Å². The highest BCUT2D eigenvalue weighted by Gasteiger charge is 2.06. The summed E-state index contributed by atoms with van der Waals surface area (Å²) in [5, 5.41) is 2.59. The van der Waals surface area contributed by atoms with E-state index in [1.807, 2.05) is 25.1 Å². The molecule has 0 fully saturated rings. The molecule has 0 atom stereocenters. The van der Waals surface area contributed by atoms with Crippen molar-refractivity contribution in [3.8, 4) is 0 Å². The Labute approximate surface area is 117 Å². The molecule has 20 heavy (non-hydrogen) atoms. The van der Waals surface area contributed by atoms with Crippen molar-refractivity contribution in [1.82, 2.24) is 10.9 Å².